The highest BCUT2D eigenvalue weighted by Gasteiger charge is 2.25. The molecule has 22 heavy (non-hydrogen) atoms. The summed E-state index contributed by atoms with van der Waals surface area (Å²) < 4.78 is 11.4. The van der Waals surface area contributed by atoms with Crippen LogP contribution in [0.3, 0.4) is 0 Å². The molecule has 0 aliphatic heterocycles. The normalized spacial score (nSPS) is 16.7. The summed E-state index contributed by atoms with van der Waals surface area (Å²) in [6.45, 7) is 0. The lowest BCUT2D eigenvalue weighted by Gasteiger charge is -2.27. The molecular weight excluding hydrogens is 280 g/mol. The van der Waals surface area contributed by atoms with Crippen LogP contribution in [0, 0.1) is 0 Å². The first-order valence-corrected chi connectivity index (χ1v) is 7.35. The second-order valence-corrected chi connectivity index (χ2v) is 5.34. The molecule has 0 heterocycles. The van der Waals surface area contributed by atoms with Gasteiger partial charge in [-0.3, -0.25) is 0 Å². The molecule has 1 atom stereocenters. The van der Waals surface area contributed by atoms with E-state index in [-0.39, 0.29) is 11.7 Å². The minimum Gasteiger partial charge on any atom is -0.493 e. The number of aryl methyl sites for hydroxylation is 1. The number of fused-ring (bicyclic) bond motifs is 1. The van der Waals surface area contributed by atoms with Crippen LogP contribution in [-0.4, -0.2) is 18.2 Å². The molecule has 4 nitrogen and oxygen atoms in total. The molecule has 1 aliphatic carbocycles. The molecule has 114 valence electrons. The highest BCUT2D eigenvalue weighted by atomic mass is 16.5. The summed E-state index contributed by atoms with van der Waals surface area (Å²) in [5.74, 6) is -0.264. The van der Waals surface area contributed by atoms with Gasteiger partial charge in [0.1, 0.15) is 11.7 Å². The maximum absolute atomic E-state index is 11.4. The minimum atomic E-state index is -1.02. The summed E-state index contributed by atoms with van der Waals surface area (Å²) in [6, 6.07) is 13.1. The van der Waals surface area contributed by atoms with E-state index < -0.39 is 5.97 Å². The van der Waals surface area contributed by atoms with Gasteiger partial charge in [0.15, 0.2) is 11.5 Å². The average Bonchev–Trinajstić information content (AvgIpc) is 2.55. The van der Waals surface area contributed by atoms with Gasteiger partial charge in [0.25, 0.3) is 0 Å². The smallest absolute Gasteiger partial charge is 0.339 e. The summed E-state index contributed by atoms with van der Waals surface area (Å²) in [6.07, 6.45) is 2.79. The Morgan fingerprint density at radius 3 is 2.77 bits per heavy atom. The number of ether oxygens (including phenoxy) is 2. The van der Waals surface area contributed by atoms with Crippen molar-refractivity contribution in [3.05, 3.63) is 59.2 Å². The lowest BCUT2D eigenvalue weighted by molar-refractivity contribution is 0.0686. The van der Waals surface area contributed by atoms with Gasteiger partial charge >= 0.3 is 5.97 Å². The molecule has 0 radical (unpaired) electrons. The molecule has 0 spiro atoms. The van der Waals surface area contributed by atoms with Crippen molar-refractivity contribution in [1.82, 2.24) is 0 Å². The predicted octanol–water partition coefficient (Wildman–Crippen LogP) is 3.85. The van der Waals surface area contributed by atoms with Crippen molar-refractivity contribution >= 4 is 5.97 Å². The van der Waals surface area contributed by atoms with Crippen LogP contribution in [-0.2, 0) is 6.42 Å². The topological polar surface area (TPSA) is 55.8 Å². The van der Waals surface area contributed by atoms with E-state index in [2.05, 4.69) is 12.1 Å². The van der Waals surface area contributed by atoms with Gasteiger partial charge in [-0.2, -0.15) is 0 Å². The lowest BCUT2D eigenvalue weighted by Crippen LogP contribution is -2.17. The first-order valence-electron chi connectivity index (χ1n) is 7.35. The Balaban J connectivity index is 1.99. The molecule has 0 fully saturated rings. The molecule has 1 N–H and O–H groups in total. The third-order valence-electron chi connectivity index (χ3n) is 4.00. The van der Waals surface area contributed by atoms with Crippen molar-refractivity contribution in [3.8, 4) is 11.5 Å². The Morgan fingerprint density at radius 1 is 1.18 bits per heavy atom. The lowest BCUT2D eigenvalue weighted by atomic mass is 9.89. The van der Waals surface area contributed by atoms with Gasteiger partial charge in [0, 0.05) is 0 Å². The first kappa shape index (κ1) is 14.4. The highest BCUT2D eigenvalue weighted by Crippen LogP contribution is 2.39. The standard InChI is InChI=1S/C18H18O4/c1-21-16-11-5-9-14(18(19)20)17(16)22-15-10-4-7-12-6-2-3-8-13(12)15/h2-3,5-6,8-9,11,15H,4,7,10H2,1H3,(H,19,20). The van der Waals surface area contributed by atoms with Crippen LogP contribution in [0.25, 0.3) is 0 Å². The quantitative estimate of drug-likeness (QED) is 0.931. The number of hydrogen-bond donors (Lipinski definition) is 1. The van der Waals surface area contributed by atoms with Gasteiger partial charge in [-0.05, 0) is 42.5 Å². The van der Waals surface area contributed by atoms with Crippen LogP contribution in [0.1, 0.15) is 40.4 Å². The Labute approximate surface area is 129 Å². The fourth-order valence-electron chi connectivity index (χ4n) is 2.94. The second kappa shape index (κ2) is 6.10. The summed E-state index contributed by atoms with van der Waals surface area (Å²) in [5.41, 5.74) is 2.53. The number of benzene rings is 2. The van der Waals surface area contributed by atoms with Crippen molar-refractivity contribution in [2.75, 3.05) is 7.11 Å². The number of methoxy groups -OCH3 is 1. The van der Waals surface area contributed by atoms with E-state index in [0.717, 1.165) is 24.8 Å². The Bertz CT molecular complexity index is 693. The number of carbonyl (C=O) groups is 1. The predicted molar refractivity (Wildman–Crippen MR) is 82.7 cm³/mol. The highest BCUT2D eigenvalue weighted by molar-refractivity contribution is 5.92. The van der Waals surface area contributed by atoms with Gasteiger partial charge in [-0.1, -0.05) is 30.3 Å². The first-order chi connectivity index (χ1) is 10.7. The molecule has 4 heteroatoms. The number of carboxylic acid groups (broad SMARTS) is 1. The van der Waals surface area contributed by atoms with Gasteiger partial charge in [-0.25, -0.2) is 4.79 Å². The monoisotopic (exact) mass is 298 g/mol. The molecule has 1 unspecified atom stereocenters. The molecular formula is C18H18O4. The number of aromatic carboxylic acids is 1. The zero-order valence-electron chi connectivity index (χ0n) is 12.4. The van der Waals surface area contributed by atoms with Crippen molar-refractivity contribution in [1.29, 1.82) is 0 Å². The largest absolute Gasteiger partial charge is 0.493 e. The summed E-state index contributed by atoms with van der Waals surface area (Å²) >= 11 is 0. The van der Waals surface area contributed by atoms with Crippen molar-refractivity contribution in [2.24, 2.45) is 0 Å². The van der Waals surface area contributed by atoms with E-state index in [1.807, 2.05) is 12.1 Å². The fraction of sp³-hybridized carbons (Fsp3) is 0.278. The van der Waals surface area contributed by atoms with Crippen LogP contribution >= 0.6 is 0 Å². The van der Waals surface area contributed by atoms with E-state index >= 15 is 0 Å². The zero-order chi connectivity index (χ0) is 15.5. The van der Waals surface area contributed by atoms with Gasteiger partial charge in [0.2, 0.25) is 0 Å². The van der Waals surface area contributed by atoms with Crippen molar-refractivity contribution < 1.29 is 19.4 Å². The SMILES string of the molecule is COc1cccc(C(=O)O)c1OC1CCCc2ccccc21. The molecule has 2 aromatic carbocycles. The number of carboxylic acids is 1. The molecule has 0 amide bonds. The Kier molecular flexibility index (Phi) is 4.00. The van der Waals surface area contributed by atoms with Crippen LogP contribution < -0.4 is 9.47 Å². The average molecular weight is 298 g/mol. The van der Waals surface area contributed by atoms with Crippen LogP contribution in [0.15, 0.2) is 42.5 Å². The summed E-state index contributed by atoms with van der Waals surface area (Å²) in [5, 5.41) is 9.37. The molecule has 0 aromatic heterocycles. The van der Waals surface area contributed by atoms with Crippen molar-refractivity contribution in [2.45, 2.75) is 25.4 Å². The number of hydrogen-bond acceptors (Lipinski definition) is 3. The third-order valence-corrected chi connectivity index (χ3v) is 4.00. The molecule has 0 bridgehead atoms. The van der Waals surface area contributed by atoms with Crippen LogP contribution in [0.4, 0.5) is 0 Å². The zero-order valence-corrected chi connectivity index (χ0v) is 12.4. The van der Waals surface area contributed by atoms with Crippen LogP contribution in [0.5, 0.6) is 11.5 Å². The van der Waals surface area contributed by atoms with Gasteiger partial charge in [0.05, 0.1) is 7.11 Å². The number of rotatable bonds is 4. The maximum Gasteiger partial charge on any atom is 0.339 e. The van der Waals surface area contributed by atoms with Gasteiger partial charge in [-0.15, -0.1) is 0 Å². The van der Waals surface area contributed by atoms with Gasteiger partial charge < -0.3 is 14.6 Å². The molecule has 2 aromatic rings. The Hall–Kier alpha value is -2.49. The second-order valence-electron chi connectivity index (χ2n) is 5.34. The van der Waals surface area contributed by atoms with Crippen molar-refractivity contribution in [3.63, 3.8) is 0 Å². The van der Waals surface area contributed by atoms with E-state index in [1.54, 1.807) is 12.1 Å². The maximum atomic E-state index is 11.4. The number of para-hydroxylation sites is 1. The molecule has 3 rings (SSSR count). The Morgan fingerprint density at radius 2 is 2.00 bits per heavy atom. The van der Waals surface area contributed by atoms with Crippen LogP contribution in [0.2, 0.25) is 0 Å². The molecule has 0 saturated carbocycles. The summed E-state index contributed by atoms with van der Waals surface area (Å²) in [7, 11) is 1.52. The van der Waals surface area contributed by atoms with E-state index in [0.29, 0.717) is 11.5 Å². The minimum absolute atomic E-state index is 0.127. The van der Waals surface area contributed by atoms with E-state index in [4.69, 9.17) is 9.47 Å². The summed E-state index contributed by atoms with van der Waals surface area (Å²) in [4.78, 5) is 11.4. The van der Waals surface area contributed by atoms with E-state index in [1.165, 1.54) is 18.7 Å². The molecule has 0 saturated heterocycles. The van der Waals surface area contributed by atoms with E-state index in [9.17, 15) is 9.90 Å². The third kappa shape index (κ3) is 2.64. The molecule has 1 aliphatic rings. The fourth-order valence-corrected chi connectivity index (χ4v) is 2.94.